The highest BCUT2D eigenvalue weighted by molar-refractivity contribution is 6.14. The summed E-state index contributed by atoms with van der Waals surface area (Å²) in [5.74, 6) is -1.81. The monoisotopic (exact) mass is 353 g/mol. The molecule has 132 valence electrons. The average Bonchev–Trinajstić information content (AvgIpc) is 3.12. The summed E-state index contributed by atoms with van der Waals surface area (Å²) in [6.07, 6.45) is -0.759. The van der Waals surface area contributed by atoms with E-state index >= 15 is 0 Å². The minimum atomic E-state index is -0.814. The van der Waals surface area contributed by atoms with Crippen LogP contribution in [-0.2, 0) is 14.3 Å². The van der Waals surface area contributed by atoms with Gasteiger partial charge in [-0.15, -0.1) is 0 Å². The highest BCUT2D eigenvalue weighted by Crippen LogP contribution is 2.16. The Bertz CT molecular complexity index is 861. The summed E-state index contributed by atoms with van der Waals surface area (Å²) in [6.45, 7) is -0.368. The molecule has 3 rings (SSSR count). The number of ether oxygens (including phenoxy) is 2. The van der Waals surface area contributed by atoms with Crippen LogP contribution in [0.4, 0.5) is 4.79 Å². The summed E-state index contributed by atoms with van der Waals surface area (Å²) >= 11 is 0. The van der Waals surface area contributed by atoms with Gasteiger partial charge in [-0.2, -0.15) is 0 Å². The summed E-state index contributed by atoms with van der Waals surface area (Å²) in [5.41, 5.74) is 0.665. The number of imide groups is 1. The van der Waals surface area contributed by atoms with Crippen LogP contribution < -0.4 is 0 Å². The van der Waals surface area contributed by atoms with Gasteiger partial charge in [-0.1, -0.05) is 48.5 Å². The number of carbonyl (C=O) groups excluding carboxylic acids is 4. The number of nitrogens with zero attached hydrogens (tertiary/aromatic N) is 1. The lowest BCUT2D eigenvalue weighted by atomic mass is 9.98. The van der Waals surface area contributed by atoms with Crippen molar-refractivity contribution in [3.8, 4) is 0 Å². The first-order valence-corrected chi connectivity index (χ1v) is 7.91. The van der Waals surface area contributed by atoms with E-state index < -0.39 is 24.6 Å². The maximum atomic E-state index is 12.6. The lowest BCUT2D eigenvalue weighted by Crippen LogP contribution is -2.35. The van der Waals surface area contributed by atoms with Gasteiger partial charge in [0.15, 0.2) is 12.4 Å². The van der Waals surface area contributed by atoms with Gasteiger partial charge >= 0.3 is 12.1 Å². The van der Waals surface area contributed by atoms with Crippen molar-refractivity contribution in [1.82, 2.24) is 4.90 Å². The number of benzene rings is 2. The Morgan fingerprint density at radius 3 is 2.27 bits per heavy atom. The molecule has 2 amide bonds. The Balaban J connectivity index is 1.73. The molecule has 0 unspecified atom stereocenters. The maximum absolute atomic E-state index is 12.6. The van der Waals surface area contributed by atoms with Crippen molar-refractivity contribution in [3.63, 3.8) is 0 Å². The lowest BCUT2D eigenvalue weighted by molar-refractivity contribution is -0.131. The molecule has 0 radical (unpaired) electrons. The molecular formula is C19H15NO6. The molecule has 1 heterocycles. The second-order valence-corrected chi connectivity index (χ2v) is 5.48. The first-order chi connectivity index (χ1) is 12.6. The third-order valence-electron chi connectivity index (χ3n) is 3.82. The van der Waals surface area contributed by atoms with Gasteiger partial charge in [-0.05, 0) is 6.07 Å². The number of cyclic esters (lactones) is 1. The van der Waals surface area contributed by atoms with E-state index in [1.165, 1.54) is 12.1 Å². The molecule has 0 bridgehead atoms. The Morgan fingerprint density at radius 2 is 1.62 bits per heavy atom. The molecule has 0 saturated carbocycles. The van der Waals surface area contributed by atoms with Crippen LogP contribution in [0.25, 0.3) is 0 Å². The van der Waals surface area contributed by atoms with Crippen LogP contribution in [-0.4, -0.2) is 48.4 Å². The minimum Gasteiger partial charge on any atom is -0.452 e. The Hall–Kier alpha value is -3.48. The topological polar surface area (TPSA) is 90.0 Å². The molecule has 1 aliphatic rings. The molecule has 7 heteroatoms. The zero-order chi connectivity index (χ0) is 18.5. The van der Waals surface area contributed by atoms with E-state index in [9.17, 15) is 19.2 Å². The van der Waals surface area contributed by atoms with Crippen molar-refractivity contribution in [2.45, 2.75) is 0 Å². The van der Waals surface area contributed by atoms with Gasteiger partial charge in [-0.3, -0.25) is 9.59 Å². The van der Waals surface area contributed by atoms with Crippen molar-refractivity contribution in [3.05, 3.63) is 71.3 Å². The first kappa shape index (κ1) is 17.3. The van der Waals surface area contributed by atoms with Crippen molar-refractivity contribution in [1.29, 1.82) is 0 Å². The van der Waals surface area contributed by atoms with E-state index in [4.69, 9.17) is 4.74 Å². The predicted molar refractivity (Wildman–Crippen MR) is 89.7 cm³/mol. The zero-order valence-electron chi connectivity index (χ0n) is 13.7. The average molecular weight is 353 g/mol. The summed E-state index contributed by atoms with van der Waals surface area (Å²) in [6, 6.07) is 14.7. The highest BCUT2D eigenvalue weighted by Gasteiger charge is 2.29. The summed E-state index contributed by atoms with van der Waals surface area (Å²) < 4.78 is 9.65. The molecule has 0 aliphatic carbocycles. The molecule has 0 N–H and O–H groups in total. The second-order valence-electron chi connectivity index (χ2n) is 5.48. The molecular weight excluding hydrogens is 338 g/mol. The first-order valence-electron chi connectivity index (χ1n) is 7.91. The van der Waals surface area contributed by atoms with E-state index in [-0.39, 0.29) is 30.1 Å². The molecule has 1 fully saturated rings. The van der Waals surface area contributed by atoms with E-state index in [1.807, 2.05) is 0 Å². The number of amides is 2. The van der Waals surface area contributed by atoms with Gasteiger partial charge in [0, 0.05) is 11.1 Å². The zero-order valence-corrected chi connectivity index (χ0v) is 13.7. The quantitative estimate of drug-likeness (QED) is 0.604. The van der Waals surface area contributed by atoms with Crippen molar-refractivity contribution < 1.29 is 28.7 Å². The minimum absolute atomic E-state index is 0.0538. The fraction of sp³-hybridized carbons (Fsp3) is 0.158. The number of hydrogen-bond donors (Lipinski definition) is 0. The molecule has 7 nitrogen and oxygen atoms in total. The SMILES string of the molecule is O=C(OCC(=O)N1CCOC1=O)c1ccccc1C(=O)c1ccccc1. The molecule has 26 heavy (non-hydrogen) atoms. The van der Waals surface area contributed by atoms with Gasteiger partial charge in [0.05, 0.1) is 12.1 Å². The molecule has 2 aromatic carbocycles. The van der Waals surface area contributed by atoms with Crippen LogP contribution in [0.15, 0.2) is 54.6 Å². The van der Waals surface area contributed by atoms with Gasteiger partial charge in [0.1, 0.15) is 6.61 Å². The largest absolute Gasteiger partial charge is 0.452 e. The standard InChI is InChI=1S/C19H15NO6/c21-16(20-10-11-25-19(20)24)12-26-18(23)15-9-5-4-8-14(15)17(22)13-6-2-1-3-7-13/h1-9H,10-12H2. The number of ketones is 1. The maximum Gasteiger partial charge on any atom is 0.416 e. The Labute approximate surface area is 149 Å². The third kappa shape index (κ3) is 3.61. The number of rotatable bonds is 5. The number of carbonyl (C=O) groups is 4. The van der Waals surface area contributed by atoms with Gasteiger partial charge in [0.2, 0.25) is 0 Å². The van der Waals surface area contributed by atoms with Crippen LogP contribution in [0.2, 0.25) is 0 Å². The molecule has 0 aromatic heterocycles. The fourth-order valence-corrected chi connectivity index (χ4v) is 2.51. The molecule has 1 saturated heterocycles. The van der Waals surface area contributed by atoms with Gasteiger partial charge in [0.25, 0.3) is 5.91 Å². The van der Waals surface area contributed by atoms with Crippen molar-refractivity contribution in [2.75, 3.05) is 19.8 Å². The molecule has 0 atom stereocenters. The lowest BCUT2D eigenvalue weighted by Gasteiger charge is -2.12. The normalized spacial score (nSPS) is 13.2. The van der Waals surface area contributed by atoms with Crippen LogP contribution in [0.5, 0.6) is 0 Å². The van der Waals surface area contributed by atoms with Crippen molar-refractivity contribution in [2.24, 2.45) is 0 Å². The van der Waals surface area contributed by atoms with E-state index in [2.05, 4.69) is 4.74 Å². The second kappa shape index (κ2) is 7.60. The van der Waals surface area contributed by atoms with Gasteiger partial charge < -0.3 is 9.47 Å². The van der Waals surface area contributed by atoms with E-state index in [0.29, 0.717) is 5.56 Å². The highest BCUT2D eigenvalue weighted by atomic mass is 16.6. The predicted octanol–water partition coefficient (Wildman–Crippen LogP) is 2.05. The smallest absolute Gasteiger partial charge is 0.416 e. The Kier molecular flexibility index (Phi) is 5.07. The van der Waals surface area contributed by atoms with E-state index in [1.54, 1.807) is 42.5 Å². The summed E-state index contributed by atoms with van der Waals surface area (Å²) in [7, 11) is 0. The van der Waals surface area contributed by atoms with Crippen LogP contribution >= 0.6 is 0 Å². The fourth-order valence-electron chi connectivity index (χ4n) is 2.51. The Morgan fingerprint density at radius 1 is 0.962 bits per heavy atom. The molecule has 1 aliphatic heterocycles. The summed E-state index contributed by atoms with van der Waals surface area (Å²) in [4.78, 5) is 49.1. The van der Waals surface area contributed by atoms with Crippen LogP contribution in [0, 0.1) is 0 Å². The van der Waals surface area contributed by atoms with Crippen LogP contribution in [0.3, 0.4) is 0 Å². The summed E-state index contributed by atoms with van der Waals surface area (Å²) in [5, 5.41) is 0. The van der Waals surface area contributed by atoms with Crippen molar-refractivity contribution >= 4 is 23.8 Å². The van der Waals surface area contributed by atoms with Crippen LogP contribution in [0.1, 0.15) is 26.3 Å². The van der Waals surface area contributed by atoms with E-state index in [0.717, 1.165) is 4.90 Å². The number of esters is 1. The number of hydrogen-bond acceptors (Lipinski definition) is 6. The third-order valence-corrected chi connectivity index (χ3v) is 3.82. The molecule has 2 aromatic rings. The molecule has 0 spiro atoms. The van der Waals surface area contributed by atoms with Gasteiger partial charge in [-0.25, -0.2) is 14.5 Å².